The van der Waals surface area contributed by atoms with E-state index in [2.05, 4.69) is 16.9 Å². The Morgan fingerprint density at radius 2 is 2.44 bits per heavy atom. The van der Waals surface area contributed by atoms with Crippen LogP contribution in [0.4, 0.5) is 0 Å². The number of hydrogen-bond acceptors (Lipinski definition) is 2. The Kier molecular flexibility index (Phi) is 1.78. The first-order valence-corrected chi connectivity index (χ1v) is 2.89. The minimum Gasteiger partial charge on any atom is -0.245 e. The maximum Gasteiger partial charge on any atom is 0.115 e. The summed E-state index contributed by atoms with van der Waals surface area (Å²) in [5.74, 6) is 0.257. The quantitative estimate of drug-likeness (QED) is 0.561. The van der Waals surface area contributed by atoms with Gasteiger partial charge in [-0.1, -0.05) is 6.92 Å². The molecule has 0 amide bonds. The summed E-state index contributed by atoms with van der Waals surface area (Å²) in [7, 11) is 0. The molecule has 0 saturated heterocycles. The summed E-state index contributed by atoms with van der Waals surface area (Å²) < 4.78 is 0. The van der Waals surface area contributed by atoms with Crippen LogP contribution in [-0.2, 0) is 0 Å². The molecular weight excluding hydrogens is 112 g/mol. The molecule has 47 valence electrons. The number of rotatable bonds is 1. The van der Waals surface area contributed by atoms with Gasteiger partial charge in [0.05, 0.1) is 0 Å². The van der Waals surface area contributed by atoms with Crippen molar-refractivity contribution < 1.29 is 0 Å². The fraction of sp³-hybridized carbons (Fsp3) is 0.286. The summed E-state index contributed by atoms with van der Waals surface area (Å²) in [4.78, 5) is 7.79. The molecule has 1 aromatic heterocycles. The zero-order valence-electron chi connectivity index (χ0n) is 5.41. The van der Waals surface area contributed by atoms with Crippen molar-refractivity contribution >= 4 is 0 Å². The molecule has 0 fully saturated rings. The molecule has 1 heterocycles. The van der Waals surface area contributed by atoms with Gasteiger partial charge in [0.2, 0.25) is 0 Å². The highest BCUT2D eigenvalue weighted by Gasteiger charge is 1.96. The molecule has 1 rings (SSSR count). The first-order valence-electron chi connectivity index (χ1n) is 2.89. The van der Waals surface area contributed by atoms with Crippen LogP contribution < -0.4 is 0 Å². The SMILES string of the molecule is [CH2]C(C)c1ccncn1. The van der Waals surface area contributed by atoms with Crippen molar-refractivity contribution in [3.8, 4) is 0 Å². The lowest BCUT2D eigenvalue weighted by Crippen LogP contribution is -1.91. The highest BCUT2D eigenvalue weighted by atomic mass is 14.8. The molecule has 2 nitrogen and oxygen atoms in total. The number of aromatic nitrogens is 2. The third kappa shape index (κ3) is 1.49. The lowest BCUT2D eigenvalue weighted by Gasteiger charge is -1.99. The van der Waals surface area contributed by atoms with Gasteiger partial charge >= 0.3 is 0 Å². The molecule has 0 saturated carbocycles. The summed E-state index contributed by atoms with van der Waals surface area (Å²) in [6, 6.07) is 1.87. The van der Waals surface area contributed by atoms with Crippen LogP contribution in [0.1, 0.15) is 18.5 Å². The fourth-order valence-electron chi connectivity index (χ4n) is 0.592. The molecule has 0 bridgehead atoms. The second-order valence-electron chi connectivity index (χ2n) is 2.04. The van der Waals surface area contributed by atoms with Crippen LogP contribution in [0.2, 0.25) is 0 Å². The Bertz CT molecular complexity index is 170. The van der Waals surface area contributed by atoms with Gasteiger partial charge in [0.1, 0.15) is 6.33 Å². The molecule has 1 atom stereocenters. The second kappa shape index (κ2) is 2.58. The molecule has 1 aromatic rings. The third-order valence-corrected chi connectivity index (χ3v) is 1.11. The standard InChI is InChI=1S/C7H9N2/c1-6(2)7-3-4-8-5-9-7/h3-6H,1H2,2H3. The summed E-state index contributed by atoms with van der Waals surface area (Å²) >= 11 is 0. The topological polar surface area (TPSA) is 25.8 Å². The van der Waals surface area contributed by atoms with Gasteiger partial charge < -0.3 is 0 Å². The van der Waals surface area contributed by atoms with E-state index in [-0.39, 0.29) is 5.92 Å². The third-order valence-electron chi connectivity index (χ3n) is 1.11. The van der Waals surface area contributed by atoms with Crippen LogP contribution >= 0.6 is 0 Å². The molecule has 0 aromatic carbocycles. The first kappa shape index (κ1) is 6.20. The van der Waals surface area contributed by atoms with Crippen LogP contribution in [0.25, 0.3) is 0 Å². The Balaban J connectivity index is 2.85. The zero-order chi connectivity index (χ0) is 6.69. The number of hydrogen-bond donors (Lipinski definition) is 0. The van der Waals surface area contributed by atoms with Crippen molar-refractivity contribution in [2.45, 2.75) is 12.8 Å². The van der Waals surface area contributed by atoms with Gasteiger partial charge in [-0.3, -0.25) is 0 Å². The summed E-state index contributed by atoms with van der Waals surface area (Å²) in [5, 5.41) is 0. The molecule has 0 aliphatic rings. The normalized spacial score (nSPS) is 10.1. The van der Waals surface area contributed by atoms with Crippen LogP contribution in [0, 0.1) is 6.92 Å². The Labute approximate surface area is 55.0 Å². The van der Waals surface area contributed by atoms with Crippen LogP contribution in [0.5, 0.6) is 0 Å². The van der Waals surface area contributed by atoms with Gasteiger partial charge in [-0.25, -0.2) is 9.97 Å². The lowest BCUT2D eigenvalue weighted by molar-refractivity contribution is 0.888. The van der Waals surface area contributed by atoms with Crippen molar-refractivity contribution in [3.05, 3.63) is 31.2 Å². The minimum atomic E-state index is 0.257. The Morgan fingerprint density at radius 1 is 1.67 bits per heavy atom. The molecule has 9 heavy (non-hydrogen) atoms. The van der Waals surface area contributed by atoms with E-state index >= 15 is 0 Å². The molecule has 0 aliphatic heterocycles. The second-order valence-corrected chi connectivity index (χ2v) is 2.04. The van der Waals surface area contributed by atoms with Crippen LogP contribution in [0.3, 0.4) is 0 Å². The van der Waals surface area contributed by atoms with E-state index in [9.17, 15) is 0 Å². The van der Waals surface area contributed by atoms with Gasteiger partial charge in [0.25, 0.3) is 0 Å². The monoisotopic (exact) mass is 121 g/mol. The molecule has 0 aliphatic carbocycles. The average Bonchev–Trinajstić information content (AvgIpc) is 1.90. The van der Waals surface area contributed by atoms with E-state index in [1.807, 2.05) is 13.0 Å². The minimum absolute atomic E-state index is 0.257. The smallest absolute Gasteiger partial charge is 0.115 e. The predicted molar refractivity (Wildman–Crippen MR) is 35.8 cm³/mol. The molecule has 0 N–H and O–H groups in total. The van der Waals surface area contributed by atoms with E-state index < -0.39 is 0 Å². The van der Waals surface area contributed by atoms with E-state index in [0.717, 1.165) is 5.69 Å². The highest BCUT2D eigenvalue weighted by Crippen LogP contribution is 2.06. The fourth-order valence-corrected chi connectivity index (χ4v) is 0.592. The summed E-state index contributed by atoms with van der Waals surface area (Å²) in [5.41, 5.74) is 0.991. The maximum atomic E-state index is 4.00. The highest BCUT2D eigenvalue weighted by molar-refractivity contribution is 5.04. The van der Waals surface area contributed by atoms with Crippen molar-refractivity contribution in [1.82, 2.24) is 9.97 Å². The Morgan fingerprint density at radius 3 is 2.78 bits per heavy atom. The van der Waals surface area contributed by atoms with Gasteiger partial charge in [-0.05, 0) is 18.9 Å². The van der Waals surface area contributed by atoms with Crippen molar-refractivity contribution in [3.63, 3.8) is 0 Å². The molecule has 0 spiro atoms. The molecular formula is C7H9N2. The van der Waals surface area contributed by atoms with Crippen molar-refractivity contribution in [2.24, 2.45) is 0 Å². The Hall–Kier alpha value is -0.920. The average molecular weight is 121 g/mol. The van der Waals surface area contributed by atoms with Crippen LogP contribution in [-0.4, -0.2) is 9.97 Å². The largest absolute Gasteiger partial charge is 0.245 e. The summed E-state index contributed by atoms with van der Waals surface area (Å²) in [6.45, 7) is 5.82. The van der Waals surface area contributed by atoms with E-state index in [1.54, 1.807) is 6.20 Å². The van der Waals surface area contributed by atoms with Crippen LogP contribution in [0.15, 0.2) is 18.6 Å². The molecule has 1 radical (unpaired) electrons. The van der Waals surface area contributed by atoms with Gasteiger partial charge in [-0.15, -0.1) is 0 Å². The molecule has 1 unspecified atom stereocenters. The van der Waals surface area contributed by atoms with Gasteiger partial charge in [0.15, 0.2) is 0 Å². The zero-order valence-corrected chi connectivity index (χ0v) is 5.41. The first-order chi connectivity index (χ1) is 4.30. The lowest BCUT2D eigenvalue weighted by atomic mass is 10.1. The van der Waals surface area contributed by atoms with E-state index in [0.29, 0.717) is 0 Å². The molecule has 2 heteroatoms. The van der Waals surface area contributed by atoms with Gasteiger partial charge in [-0.2, -0.15) is 0 Å². The van der Waals surface area contributed by atoms with Gasteiger partial charge in [0, 0.05) is 11.9 Å². The predicted octanol–water partition coefficient (Wildman–Crippen LogP) is 1.41. The number of nitrogens with zero attached hydrogens (tertiary/aromatic N) is 2. The van der Waals surface area contributed by atoms with E-state index in [4.69, 9.17) is 0 Å². The van der Waals surface area contributed by atoms with E-state index in [1.165, 1.54) is 6.33 Å². The van der Waals surface area contributed by atoms with Crippen molar-refractivity contribution in [1.29, 1.82) is 0 Å². The maximum absolute atomic E-state index is 4.00. The van der Waals surface area contributed by atoms with Crippen molar-refractivity contribution in [2.75, 3.05) is 0 Å². The summed E-state index contributed by atoms with van der Waals surface area (Å²) in [6.07, 6.45) is 3.26.